The van der Waals surface area contributed by atoms with E-state index in [0.29, 0.717) is 0 Å². The Labute approximate surface area is 154 Å². The van der Waals surface area contributed by atoms with Crippen molar-refractivity contribution in [1.29, 1.82) is 0 Å². The maximum absolute atomic E-state index is 10.2. The molecule has 129 valence electrons. The number of hydrogen-bond acceptors (Lipinski definition) is 6. The van der Waals surface area contributed by atoms with Crippen LogP contribution < -0.4 is 21.3 Å². The molecule has 12 heteroatoms. The molecule has 5 N–H and O–H groups in total. The number of carboxylic acid groups (broad SMARTS) is 1. The normalized spacial score (nSPS) is 6.82. The SMILES string of the molecule is C.C.COC(=O)NCNC(=O)O.COC(=O)NCN[C-]=O.[Y]. The summed E-state index contributed by atoms with van der Waals surface area (Å²) < 4.78 is 8.33. The minimum atomic E-state index is -1.20. The van der Waals surface area contributed by atoms with E-state index >= 15 is 0 Å². The first kappa shape index (κ1) is 32.4. The average Bonchev–Trinajstić information content (AvgIpc) is 2.38. The van der Waals surface area contributed by atoms with Crippen LogP contribution in [-0.4, -0.2) is 57.4 Å². The van der Waals surface area contributed by atoms with Crippen molar-refractivity contribution in [2.24, 2.45) is 0 Å². The summed E-state index contributed by atoms with van der Waals surface area (Å²) >= 11 is 0. The molecule has 22 heavy (non-hydrogen) atoms. The molecule has 0 aromatic rings. The van der Waals surface area contributed by atoms with Gasteiger partial charge in [-0.2, -0.15) is 6.41 Å². The molecule has 0 saturated heterocycles. The molecule has 0 fully saturated rings. The van der Waals surface area contributed by atoms with Crippen LogP contribution in [-0.2, 0) is 47.0 Å². The number of methoxy groups -OCH3 is 2. The van der Waals surface area contributed by atoms with E-state index in [0.717, 1.165) is 0 Å². The van der Waals surface area contributed by atoms with Gasteiger partial charge in [0.15, 0.2) is 0 Å². The van der Waals surface area contributed by atoms with Crippen molar-refractivity contribution in [3.63, 3.8) is 0 Å². The number of amides is 4. The van der Waals surface area contributed by atoms with Crippen LogP contribution in [0.5, 0.6) is 0 Å². The van der Waals surface area contributed by atoms with Crippen LogP contribution in [0.3, 0.4) is 0 Å². The van der Waals surface area contributed by atoms with Crippen LogP contribution in [0.1, 0.15) is 14.9 Å². The van der Waals surface area contributed by atoms with E-state index in [-0.39, 0.29) is 60.9 Å². The van der Waals surface area contributed by atoms with Crippen LogP contribution in [0, 0.1) is 0 Å². The summed E-state index contributed by atoms with van der Waals surface area (Å²) in [4.78, 5) is 39.6. The maximum atomic E-state index is 10.2. The summed E-state index contributed by atoms with van der Waals surface area (Å²) in [5.41, 5.74) is 0. The van der Waals surface area contributed by atoms with Gasteiger partial charge in [0.05, 0.1) is 27.6 Å². The Hall–Kier alpha value is -1.62. The minimum absolute atomic E-state index is 0. The van der Waals surface area contributed by atoms with Gasteiger partial charge in [0.2, 0.25) is 0 Å². The molecule has 0 aromatic heterocycles. The Kier molecular flexibility index (Phi) is 35.9. The second-order valence-corrected chi connectivity index (χ2v) is 2.45. The van der Waals surface area contributed by atoms with Gasteiger partial charge >= 0.3 is 18.3 Å². The molecule has 0 aliphatic rings. The van der Waals surface area contributed by atoms with Crippen molar-refractivity contribution in [2.45, 2.75) is 14.9 Å². The Morgan fingerprint density at radius 2 is 1.36 bits per heavy atom. The van der Waals surface area contributed by atoms with Gasteiger partial charge in [-0.3, -0.25) is 0 Å². The number of rotatable bonds is 5. The van der Waals surface area contributed by atoms with Crippen molar-refractivity contribution in [2.75, 3.05) is 27.6 Å². The molecule has 0 bridgehead atoms. The van der Waals surface area contributed by atoms with Gasteiger partial charge in [0, 0.05) is 32.7 Å². The number of nitrogens with one attached hydrogen (secondary N) is 4. The van der Waals surface area contributed by atoms with Crippen LogP contribution in [0.25, 0.3) is 0 Å². The molecule has 0 aromatic carbocycles. The number of carbonyl (C=O) groups excluding carboxylic acids is 3. The zero-order valence-corrected chi connectivity index (χ0v) is 13.7. The fourth-order valence-corrected chi connectivity index (χ4v) is 0.489. The Morgan fingerprint density at radius 3 is 1.68 bits per heavy atom. The molecular formula is C10H23N4O7Y-. The van der Waals surface area contributed by atoms with Gasteiger partial charge in [-0.05, 0) is 0 Å². The van der Waals surface area contributed by atoms with Crippen molar-refractivity contribution >= 4 is 24.7 Å². The first-order valence-corrected chi connectivity index (χ1v) is 4.68. The van der Waals surface area contributed by atoms with E-state index in [9.17, 15) is 19.2 Å². The third-order valence-electron chi connectivity index (χ3n) is 1.24. The fourth-order valence-electron chi connectivity index (χ4n) is 0.489. The number of ether oxygens (including phenoxy) is 2. The van der Waals surface area contributed by atoms with E-state index in [1.54, 1.807) is 0 Å². The molecule has 0 unspecified atom stereocenters. The summed E-state index contributed by atoms with van der Waals surface area (Å²) in [5.74, 6) is 0. The van der Waals surface area contributed by atoms with Crippen LogP contribution in [0.4, 0.5) is 14.4 Å². The van der Waals surface area contributed by atoms with Crippen molar-refractivity contribution in [3.8, 4) is 0 Å². The fraction of sp³-hybridized carbons (Fsp3) is 0.600. The quantitative estimate of drug-likeness (QED) is 0.185. The zero-order valence-electron chi connectivity index (χ0n) is 10.9. The van der Waals surface area contributed by atoms with Crippen LogP contribution >= 0.6 is 0 Å². The average molecular weight is 400 g/mol. The summed E-state index contributed by atoms with van der Waals surface area (Å²) in [7, 11) is 2.43. The molecule has 0 aliphatic carbocycles. The Balaban J connectivity index is -0.0000000774. The van der Waals surface area contributed by atoms with Gasteiger partial charge < -0.3 is 40.6 Å². The first-order chi connectivity index (χ1) is 8.97. The topological polar surface area (TPSA) is 155 Å². The number of alkyl carbamates (subject to hydrolysis) is 2. The predicted octanol–water partition coefficient (Wildman–Crippen LogP) is -0.206. The maximum Gasteiger partial charge on any atom is 0.408 e. The number of carbonyl (C=O) groups is 3. The van der Waals surface area contributed by atoms with E-state index in [1.165, 1.54) is 20.6 Å². The molecule has 0 saturated carbocycles. The smallest absolute Gasteiger partial charge is 0.408 e. The van der Waals surface area contributed by atoms with Crippen LogP contribution in [0.15, 0.2) is 0 Å². The van der Waals surface area contributed by atoms with Gasteiger partial charge in [0.25, 0.3) is 0 Å². The van der Waals surface area contributed by atoms with Crippen molar-refractivity contribution < 1.29 is 66.5 Å². The third kappa shape index (κ3) is 31.0. The van der Waals surface area contributed by atoms with E-state index in [1.807, 2.05) is 5.32 Å². The van der Waals surface area contributed by atoms with Gasteiger partial charge in [-0.15, -0.1) is 0 Å². The molecule has 11 nitrogen and oxygen atoms in total. The molecular weight excluding hydrogens is 377 g/mol. The second kappa shape index (κ2) is 24.4. The summed E-state index contributed by atoms with van der Waals surface area (Å²) in [6.07, 6.45) is -1.08. The summed E-state index contributed by atoms with van der Waals surface area (Å²) in [6.45, 7) is -0.113. The molecule has 0 rings (SSSR count). The molecule has 1 radical (unpaired) electrons. The molecule has 0 spiro atoms. The van der Waals surface area contributed by atoms with Gasteiger partial charge in [-0.1, -0.05) is 14.9 Å². The summed E-state index contributed by atoms with van der Waals surface area (Å²) in [5, 5.41) is 16.3. The molecule has 0 atom stereocenters. The largest absolute Gasteiger partial charge is 0.520 e. The zero-order chi connectivity index (χ0) is 15.1. The van der Waals surface area contributed by atoms with E-state index in [4.69, 9.17) is 5.11 Å². The number of hydrogen-bond donors (Lipinski definition) is 5. The summed E-state index contributed by atoms with van der Waals surface area (Å²) in [6, 6.07) is 0. The molecule has 4 amide bonds. The molecule has 0 heterocycles. The third-order valence-corrected chi connectivity index (χ3v) is 1.24. The standard InChI is InChI=1S/C4H8N2O4.C4H7N2O3.2CH4.Y/c1-10-4(9)6-2-5-3(7)8;1-9-4(8)6-2-5-3-7;;;/h5H,2H2,1H3,(H,6,9)(H,7,8);2H2,1H3,(H,5,7)(H,6,8);2*1H4;/q;-1;;;. The van der Waals surface area contributed by atoms with Crippen molar-refractivity contribution in [3.05, 3.63) is 0 Å². The Morgan fingerprint density at radius 1 is 0.955 bits per heavy atom. The van der Waals surface area contributed by atoms with Gasteiger partial charge in [-0.25, -0.2) is 14.4 Å². The monoisotopic (exact) mass is 400 g/mol. The predicted molar refractivity (Wildman–Crippen MR) is 74.3 cm³/mol. The van der Waals surface area contributed by atoms with Gasteiger partial charge in [0.1, 0.15) is 0 Å². The minimum Gasteiger partial charge on any atom is -0.520 e. The first-order valence-electron chi connectivity index (χ1n) is 4.68. The molecule has 0 aliphatic heterocycles. The van der Waals surface area contributed by atoms with E-state index < -0.39 is 18.3 Å². The van der Waals surface area contributed by atoms with E-state index in [2.05, 4.69) is 25.4 Å². The Bertz CT molecular complexity index is 305. The van der Waals surface area contributed by atoms with Crippen molar-refractivity contribution in [1.82, 2.24) is 21.3 Å². The van der Waals surface area contributed by atoms with Crippen LogP contribution in [0.2, 0.25) is 0 Å². The second-order valence-electron chi connectivity index (χ2n) is 2.45.